The van der Waals surface area contributed by atoms with Crippen molar-refractivity contribution in [3.8, 4) is 0 Å². The van der Waals surface area contributed by atoms with Crippen LogP contribution in [-0.4, -0.2) is 30.9 Å². The van der Waals surface area contributed by atoms with E-state index < -0.39 is 5.92 Å². The van der Waals surface area contributed by atoms with E-state index in [9.17, 15) is 14.4 Å². The lowest BCUT2D eigenvalue weighted by Crippen LogP contribution is -2.35. The summed E-state index contributed by atoms with van der Waals surface area (Å²) in [6.07, 6.45) is 0.451. The molecular formula is C26H26N2O4. The minimum absolute atomic E-state index is 0.119. The van der Waals surface area contributed by atoms with E-state index in [1.807, 2.05) is 36.4 Å². The van der Waals surface area contributed by atoms with Crippen LogP contribution in [0, 0.1) is 5.92 Å². The molecule has 3 aromatic carbocycles. The number of hydrogen-bond acceptors (Lipinski definition) is 4. The molecule has 1 atom stereocenters. The Labute approximate surface area is 187 Å². The van der Waals surface area contributed by atoms with Gasteiger partial charge in [-0.15, -0.1) is 0 Å². The molecule has 0 aliphatic heterocycles. The Kier molecular flexibility index (Phi) is 8.15. The fourth-order valence-electron chi connectivity index (χ4n) is 3.28. The Morgan fingerprint density at radius 1 is 0.812 bits per heavy atom. The topological polar surface area (TPSA) is 84.5 Å². The average Bonchev–Trinajstić information content (AvgIpc) is 2.83. The molecule has 0 aliphatic rings. The molecule has 2 N–H and O–H groups in total. The summed E-state index contributed by atoms with van der Waals surface area (Å²) in [5, 5.41) is 5.61. The number of ether oxygens (including phenoxy) is 1. The predicted octanol–water partition coefficient (Wildman–Crippen LogP) is 4.09. The molecule has 0 spiro atoms. The number of amides is 2. The van der Waals surface area contributed by atoms with Gasteiger partial charge in [-0.1, -0.05) is 60.7 Å². The number of anilines is 1. The Hall–Kier alpha value is -3.93. The number of para-hydroxylation sites is 1. The highest BCUT2D eigenvalue weighted by Gasteiger charge is 2.22. The van der Waals surface area contributed by atoms with Gasteiger partial charge in [0.15, 0.2) is 0 Å². The first-order valence-corrected chi connectivity index (χ1v) is 10.5. The Morgan fingerprint density at radius 2 is 1.44 bits per heavy atom. The molecule has 0 saturated carbocycles. The largest absolute Gasteiger partial charge is 0.466 e. The molecular weight excluding hydrogens is 404 g/mol. The molecule has 2 amide bonds. The molecule has 0 fully saturated rings. The summed E-state index contributed by atoms with van der Waals surface area (Å²) in [6.45, 7) is 2.14. The van der Waals surface area contributed by atoms with Crippen LogP contribution in [0.25, 0.3) is 0 Å². The zero-order valence-electron chi connectivity index (χ0n) is 17.9. The van der Waals surface area contributed by atoms with Crippen LogP contribution in [-0.2, 0) is 16.0 Å². The summed E-state index contributed by atoms with van der Waals surface area (Å²) in [4.78, 5) is 37.9. The molecule has 0 aliphatic carbocycles. The van der Waals surface area contributed by atoms with E-state index >= 15 is 0 Å². The van der Waals surface area contributed by atoms with Crippen molar-refractivity contribution in [2.45, 2.75) is 13.3 Å². The highest BCUT2D eigenvalue weighted by atomic mass is 16.5. The molecule has 164 valence electrons. The van der Waals surface area contributed by atoms with Gasteiger partial charge in [0.25, 0.3) is 11.8 Å². The molecule has 0 heterocycles. The van der Waals surface area contributed by atoms with Gasteiger partial charge in [0.1, 0.15) is 0 Å². The second kappa shape index (κ2) is 11.5. The van der Waals surface area contributed by atoms with Gasteiger partial charge < -0.3 is 15.4 Å². The molecule has 0 radical (unpaired) electrons. The van der Waals surface area contributed by atoms with Crippen molar-refractivity contribution < 1.29 is 19.1 Å². The van der Waals surface area contributed by atoms with E-state index in [1.54, 1.807) is 55.5 Å². The number of carbonyl (C=O) groups is 3. The zero-order chi connectivity index (χ0) is 22.8. The second-order valence-electron chi connectivity index (χ2n) is 7.21. The number of esters is 1. The highest BCUT2D eigenvalue weighted by Crippen LogP contribution is 2.17. The van der Waals surface area contributed by atoms with Crippen molar-refractivity contribution in [3.05, 3.63) is 102 Å². The molecule has 6 heteroatoms. The lowest BCUT2D eigenvalue weighted by molar-refractivity contribution is -0.147. The van der Waals surface area contributed by atoms with Gasteiger partial charge in [-0.3, -0.25) is 14.4 Å². The first kappa shape index (κ1) is 22.7. The summed E-state index contributed by atoms with van der Waals surface area (Å²) >= 11 is 0. The van der Waals surface area contributed by atoms with Crippen LogP contribution in [0.5, 0.6) is 0 Å². The Bertz CT molecular complexity index is 1050. The molecule has 0 saturated heterocycles. The number of benzene rings is 3. The van der Waals surface area contributed by atoms with Crippen LogP contribution in [0.1, 0.15) is 33.2 Å². The van der Waals surface area contributed by atoms with E-state index in [0.29, 0.717) is 23.2 Å². The third-order valence-electron chi connectivity index (χ3n) is 4.91. The smallest absolute Gasteiger partial charge is 0.311 e. The van der Waals surface area contributed by atoms with Gasteiger partial charge in [-0.05, 0) is 43.2 Å². The number of nitrogens with one attached hydrogen (secondary N) is 2. The van der Waals surface area contributed by atoms with Crippen molar-refractivity contribution in [2.75, 3.05) is 18.5 Å². The average molecular weight is 431 g/mol. The van der Waals surface area contributed by atoms with E-state index in [2.05, 4.69) is 10.6 Å². The van der Waals surface area contributed by atoms with E-state index in [1.165, 1.54) is 0 Å². The first-order chi connectivity index (χ1) is 15.6. The summed E-state index contributed by atoms with van der Waals surface area (Å²) < 4.78 is 5.19. The number of rotatable bonds is 9. The summed E-state index contributed by atoms with van der Waals surface area (Å²) in [5.41, 5.74) is 2.19. The maximum absolute atomic E-state index is 12.9. The van der Waals surface area contributed by atoms with Crippen molar-refractivity contribution in [3.63, 3.8) is 0 Å². The molecule has 3 aromatic rings. The van der Waals surface area contributed by atoms with Crippen molar-refractivity contribution in [2.24, 2.45) is 5.92 Å². The van der Waals surface area contributed by atoms with Gasteiger partial charge in [-0.2, -0.15) is 0 Å². The number of hydrogen-bond donors (Lipinski definition) is 2. The summed E-state index contributed by atoms with van der Waals surface area (Å²) in [6, 6.07) is 25.1. The second-order valence-corrected chi connectivity index (χ2v) is 7.21. The first-order valence-electron chi connectivity index (χ1n) is 10.5. The standard InChI is InChI=1S/C26H26N2O4/c1-2-32-26(31)21(17-19-11-5-3-6-12-19)18-27-25(30)22-15-9-10-16-23(22)28-24(29)20-13-7-4-8-14-20/h3-16,21H,2,17-18H2,1H3,(H,27,30)(H,28,29). The normalized spacial score (nSPS) is 11.3. The molecule has 0 bridgehead atoms. The minimum Gasteiger partial charge on any atom is -0.466 e. The highest BCUT2D eigenvalue weighted by molar-refractivity contribution is 6.09. The van der Waals surface area contributed by atoms with E-state index in [4.69, 9.17) is 4.74 Å². The van der Waals surface area contributed by atoms with Gasteiger partial charge >= 0.3 is 5.97 Å². The Morgan fingerprint density at radius 3 is 2.12 bits per heavy atom. The fraction of sp³-hybridized carbons (Fsp3) is 0.192. The quantitative estimate of drug-likeness (QED) is 0.501. The van der Waals surface area contributed by atoms with E-state index in [0.717, 1.165) is 5.56 Å². The maximum Gasteiger partial charge on any atom is 0.311 e. The third kappa shape index (κ3) is 6.28. The molecule has 6 nitrogen and oxygen atoms in total. The lowest BCUT2D eigenvalue weighted by Gasteiger charge is -2.17. The summed E-state index contributed by atoms with van der Waals surface area (Å²) in [5.74, 6) is -1.56. The van der Waals surface area contributed by atoms with Gasteiger partial charge in [0.2, 0.25) is 0 Å². The third-order valence-corrected chi connectivity index (χ3v) is 4.91. The molecule has 0 aromatic heterocycles. The molecule has 1 unspecified atom stereocenters. The van der Waals surface area contributed by atoms with Crippen molar-refractivity contribution in [1.29, 1.82) is 0 Å². The van der Waals surface area contributed by atoms with Gasteiger partial charge in [-0.25, -0.2) is 0 Å². The number of carbonyl (C=O) groups excluding carboxylic acids is 3. The van der Waals surface area contributed by atoms with E-state index in [-0.39, 0.29) is 30.9 Å². The van der Waals surface area contributed by atoms with Crippen molar-refractivity contribution >= 4 is 23.5 Å². The van der Waals surface area contributed by atoms with Crippen molar-refractivity contribution in [1.82, 2.24) is 5.32 Å². The van der Waals surface area contributed by atoms with Crippen LogP contribution < -0.4 is 10.6 Å². The summed E-state index contributed by atoms with van der Waals surface area (Å²) in [7, 11) is 0. The maximum atomic E-state index is 12.9. The molecule has 32 heavy (non-hydrogen) atoms. The lowest BCUT2D eigenvalue weighted by atomic mass is 9.99. The van der Waals surface area contributed by atoms with Crippen LogP contribution >= 0.6 is 0 Å². The molecule has 3 rings (SSSR count). The predicted molar refractivity (Wildman–Crippen MR) is 123 cm³/mol. The van der Waals surface area contributed by atoms with Crippen LogP contribution in [0.15, 0.2) is 84.9 Å². The van der Waals surface area contributed by atoms with Gasteiger partial charge in [0.05, 0.1) is 23.8 Å². The fourth-order valence-corrected chi connectivity index (χ4v) is 3.28. The zero-order valence-corrected chi connectivity index (χ0v) is 17.9. The van der Waals surface area contributed by atoms with Crippen LogP contribution in [0.3, 0.4) is 0 Å². The van der Waals surface area contributed by atoms with Gasteiger partial charge in [0, 0.05) is 12.1 Å². The minimum atomic E-state index is -0.521. The SMILES string of the molecule is CCOC(=O)C(CNC(=O)c1ccccc1NC(=O)c1ccccc1)Cc1ccccc1. The Balaban J connectivity index is 1.70. The van der Waals surface area contributed by atoms with Crippen LogP contribution in [0.4, 0.5) is 5.69 Å². The van der Waals surface area contributed by atoms with Crippen LogP contribution in [0.2, 0.25) is 0 Å². The monoisotopic (exact) mass is 430 g/mol.